The van der Waals surface area contributed by atoms with Gasteiger partial charge in [-0.3, -0.25) is 8.51 Å². The zero-order valence-electron chi connectivity index (χ0n) is 22.1. The van der Waals surface area contributed by atoms with Crippen LogP contribution in [0.3, 0.4) is 0 Å². The van der Waals surface area contributed by atoms with Crippen LogP contribution >= 0.6 is 11.6 Å². The second-order valence-electron chi connectivity index (χ2n) is 10.0. The monoisotopic (exact) mass is 554 g/mol. The van der Waals surface area contributed by atoms with Crippen molar-refractivity contribution in [2.75, 3.05) is 43.0 Å². The van der Waals surface area contributed by atoms with Crippen molar-refractivity contribution in [3.05, 3.63) is 76.8 Å². The summed E-state index contributed by atoms with van der Waals surface area (Å²) in [6.45, 7) is 5.47. The number of hydrogen-bond donors (Lipinski definition) is 0. The Morgan fingerprint density at radius 1 is 0.974 bits per heavy atom. The van der Waals surface area contributed by atoms with Crippen LogP contribution in [0.25, 0.3) is 11.1 Å². The average molecular weight is 555 g/mol. The van der Waals surface area contributed by atoms with Gasteiger partial charge in [0.25, 0.3) is 0 Å². The van der Waals surface area contributed by atoms with Crippen LogP contribution in [0.2, 0.25) is 5.02 Å². The number of hydrogen-bond acceptors (Lipinski definition) is 5. The normalized spacial score (nSPS) is 14.0. The molecule has 0 spiro atoms. The zero-order chi connectivity index (χ0) is 27.4. The fourth-order valence-electron chi connectivity index (χ4n) is 4.52. The standard InChI is InChI=1S/C29H34ClN3O4S/c1-20(2)19-37-29(34)32-15-13-23-17-27(31(3)4)28(18-24(23)14-16-32)33(38(35)36)26-11-7-22(8-12-26)21-5-9-25(30)10-6-21/h5-12,17-18,20H,13-16,19H2,1-4H3,(H,35,36)/p-1. The molecule has 38 heavy (non-hydrogen) atoms. The Hall–Kier alpha value is -3.07. The largest absolute Gasteiger partial charge is 0.755 e. The maximum Gasteiger partial charge on any atom is 0.409 e. The molecule has 202 valence electrons. The third-order valence-electron chi connectivity index (χ3n) is 6.53. The average Bonchev–Trinajstić information content (AvgIpc) is 3.10. The highest BCUT2D eigenvalue weighted by molar-refractivity contribution is 7.81. The van der Waals surface area contributed by atoms with Gasteiger partial charge in [0.1, 0.15) is 0 Å². The predicted molar refractivity (Wildman–Crippen MR) is 154 cm³/mol. The molecule has 0 N–H and O–H groups in total. The van der Waals surface area contributed by atoms with Crippen LogP contribution in [0, 0.1) is 5.92 Å². The van der Waals surface area contributed by atoms with Crippen LogP contribution in [-0.2, 0) is 28.8 Å². The molecule has 0 radical (unpaired) electrons. The third-order valence-corrected chi connectivity index (χ3v) is 7.48. The fourth-order valence-corrected chi connectivity index (χ4v) is 5.25. The van der Waals surface area contributed by atoms with Crippen LogP contribution in [-0.4, -0.2) is 53.5 Å². The Morgan fingerprint density at radius 2 is 1.50 bits per heavy atom. The lowest BCUT2D eigenvalue weighted by Crippen LogP contribution is -2.34. The fraction of sp³-hybridized carbons (Fsp3) is 0.345. The number of amides is 1. The van der Waals surface area contributed by atoms with E-state index in [9.17, 15) is 13.6 Å². The molecule has 0 saturated heterocycles. The quantitative estimate of drug-likeness (QED) is 0.325. The van der Waals surface area contributed by atoms with Crippen LogP contribution < -0.4 is 9.21 Å². The van der Waals surface area contributed by atoms with E-state index in [0.717, 1.165) is 27.9 Å². The molecule has 3 aromatic carbocycles. The van der Waals surface area contributed by atoms with Crippen molar-refractivity contribution < 1.29 is 18.3 Å². The van der Waals surface area contributed by atoms with Gasteiger partial charge in [-0.15, -0.1) is 0 Å². The van der Waals surface area contributed by atoms with Crippen LogP contribution in [0.15, 0.2) is 60.7 Å². The maximum absolute atomic E-state index is 12.6. The molecule has 0 aliphatic carbocycles. The molecular weight excluding hydrogens is 522 g/mol. The number of carbonyl (C=O) groups excluding carboxylic acids is 1. The Balaban J connectivity index is 1.65. The van der Waals surface area contributed by atoms with E-state index >= 15 is 0 Å². The lowest BCUT2D eigenvalue weighted by Gasteiger charge is -2.31. The minimum absolute atomic E-state index is 0.271. The molecule has 1 heterocycles. The highest BCUT2D eigenvalue weighted by Gasteiger charge is 2.24. The summed E-state index contributed by atoms with van der Waals surface area (Å²) < 4.78 is 32.0. The molecule has 9 heteroatoms. The Labute approximate surface area is 232 Å². The highest BCUT2D eigenvalue weighted by atomic mass is 35.5. The molecular formula is C29H33ClN3O4S-. The van der Waals surface area contributed by atoms with Crippen molar-refractivity contribution in [2.24, 2.45) is 5.92 Å². The maximum atomic E-state index is 12.6. The van der Waals surface area contributed by atoms with Crippen molar-refractivity contribution >= 4 is 46.0 Å². The van der Waals surface area contributed by atoms with E-state index < -0.39 is 11.3 Å². The van der Waals surface area contributed by atoms with Gasteiger partial charge in [-0.05, 0) is 77.4 Å². The van der Waals surface area contributed by atoms with E-state index in [0.29, 0.717) is 48.9 Å². The van der Waals surface area contributed by atoms with Gasteiger partial charge < -0.3 is 19.1 Å². The molecule has 1 amide bonds. The first-order valence-corrected chi connectivity index (χ1v) is 14.1. The number of ether oxygens (including phenoxy) is 1. The molecule has 1 unspecified atom stereocenters. The van der Waals surface area contributed by atoms with Crippen molar-refractivity contribution in [1.82, 2.24) is 4.90 Å². The molecule has 4 rings (SSSR count). The molecule has 1 atom stereocenters. The molecule has 0 bridgehead atoms. The summed E-state index contributed by atoms with van der Waals surface area (Å²) in [7, 11) is 3.79. The molecule has 1 aliphatic heterocycles. The summed E-state index contributed by atoms with van der Waals surface area (Å²) >= 11 is 3.46. The van der Waals surface area contributed by atoms with Crippen molar-refractivity contribution in [3.8, 4) is 11.1 Å². The van der Waals surface area contributed by atoms with Gasteiger partial charge in [-0.25, -0.2) is 4.79 Å². The van der Waals surface area contributed by atoms with Crippen LogP contribution in [0.4, 0.5) is 21.9 Å². The first-order valence-electron chi connectivity index (χ1n) is 12.6. The topological polar surface area (TPSA) is 76.2 Å². The van der Waals surface area contributed by atoms with Crippen molar-refractivity contribution in [3.63, 3.8) is 0 Å². The van der Waals surface area contributed by atoms with Gasteiger partial charge in [0.05, 0.1) is 34.9 Å². The Morgan fingerprint density at radius 3 is 2.00 bits per heavy atom. The van der Waals surface area contributed by atoms with E-state index in [1.54, 1.807) is 17.0 Å². The van der Waals surface area contributed by atoms with Crippen molar-refractivity contribution in [1.29, 1.82) is 0 Å². The van der Waals surface area contributed by atoms with Crippen molar-refractivity contribution in [2.45, 2.75) is 26.7 Å². The molecule has 0 aromatic heterocycles. The lowest BCUT2D eigenvalue weighted by molar-refractivity contribution is 0.0935. The first-order chi connectivity index (χ1) is 18.1. The second kappa shape index (κ2) is 12.2. The Kier molecular flexibility index (Phi) is 8.97. The highest BCUT2D eigenvalue weighted by Crippen LogP contribution is 2.38. The summed E-state index contributed by atoms with van der Waals surface area (Å²) in [6, 6.07) is 18.9. The predicted octanol–water partition coefficient (Wildman–Crippen LogP) is 6.20. The van der Waals surface area contributed by atoms with E-state index in [1.165, 1.54) is 4.31 Å². The summed E-state index contributed by atoms with van der Waals surface area (Å²) in [5.74, 6) is 0.271. The molecule has 1 aliphatic rings. The SMILES string of the molecule is CC(C)COC(=O)N1CCc2cc(N(C)C)c(N(c3ccc(-c4ccc(Cl)cc4)cc3)S(=O)[O-])cc2CC1. The van der Waals surface area contributed by atoms with E-state index in [1.807, 2.05) is 81.4 Å². The number of nitrogens with zero attached hydrogens (tertiary/aromatic N) is 3. The minimum Gasteiger partial charge on any atom is -0.755 e. The van der Waals surface area contributed by atoms with Gasteiger partial charge in [-0.2, -0.15) is 0 Å². The van der Waals surface area contributed by atoms with Gasteiger partial charge in [-0.1, -0.05) is 49.7 Å². The molecule has 3 aromatic rings. The van der Waals surface area contributed by atoms with E-state index in [4.69, 9.17) is 16.3 Å². The third kappa shape index (κ3) is 6.49. The number of anilines is 3. The number of fused-ring (bicyclic) bond motifs is 1. The van der Waals surface area contributed by atoms with Crippen LogP contribution in [0.1, 0.15) is 25.0 Å². The summed E-state index contributed by atoms with van der Waals surface area (Å²) in [5, 5.41) is 0.660. The number of halogens is 1. The Bertz CT molecular complexity index is 1300. The number of carbonyl (C=O) groups is 1. The summed E-state index contributed by atoms with van der Waals surface area (Å²) in [6.07, 6.45) is 0.980. The minimum atomic E-state index is -2.56. The number of rotatable bonds is 7. The summed E-state index contributed by atoms with van der Waals surface area (Å²) in [5.41, 5.74) is 5.96. The van der Waals surface area contributed by atoms with Crippen LogP contribution in [0.5, 0.6) is 0 Å². The van der Waals surface area contributed by atoms with Gasteiger partial charge >= 0.3 is 6.09 Å². The lowest BCUT2D eigenvalue weighted by atomic mass is 10.00. The molecule has 7 nitrogen and oxygen atoms in total. The van der Waals surface area contributed by atoms with E-state index in [2.05, 4.69) is 0 Å². The van der Waals surface area contributed by atoms with Gasteiger partial charge in [0, 0.05) is 32.2 Å². The van der Waals surface area contributed by atoms with E-state index in [-0.39, 0.29) is 12.0 Å². The number of benzene rings is 3. The molecule has 0 saturated carbocycles. The smallest absolute Gasteiger partial charge is 0.409 e. The van der Waals surface area contributed by atoms with Gasteiger partial charge in [0.15, 0.2) is 0 Å². The second-order valence-corrected chi connectivity index (χ2v) is 11.3. The summed E-state index contributed by atoms with van der Waals surface area (Å²) in [4.78, 5) is 16.2. The van der Waals surface area contributed by atoms with Gasteiger partial charge in [0.2, 0.25) is 0 Å². The molecule has 0 fully saturated rings. The zero-order valence-corrected chi connectivity index (χ0v) is 23.7. The first kappa shape index (κ1) is 28.0.